The molecule has 23 heavy (non-hydrogen) atoms. The van der Waals surface area contributed by atoms with Crippen LogP contribution in [0.4, 0.5) is 11.5 Å². The summed E-state index contributed by atoms with van der Waals surface area (Å²) in [4.78, 5) is 24.2. The Kier molecular flexibility index (Phi) is 5.12. The fraction of sp³-hybridized carbons (Fsp3) is 0.353. The molecule has 6 heteroatoms. The van der Waals surface area contributed by atoms with Crippen LogP contribution in [0.1, 0.15) is 29.8 Å². The van der Waals surface area contributed by atoms with Crippen molar-refractivity contribution in [2.75, 3.05) is 29.6 Å². The van der Waals surface area contributed by atoms with Gasteiger partial charge in [-0.2, -0.15) is 0 Å². The zero-order valence-electron chi connectivity index (χ0n) is 13.2. The fourth-order valence-corrected chi connectivity index (χ4v) is 3.26. The Bertz CT molecular complexity index is 686. The molecule has 0 radical (unpaired) electrons. The van der Waals surface area contributed by atoms with Crippen molar-refractivity contribution in [3.05, 3.63) is 42.4 Å². The maximum absolute atomic E-state index is 12.5. The van der Waals surface area contributed by atoms with E-state index in [4.69, 9.17) is 0 Å². The van der Waals surface area contributed by atoms with Crippen LogP contribution >= 0.6 is 11.8 Å². The van der Waals surface area contributed by atoms with Gasteiger partial charge in [0.15, 0.2) is 0 Å². The van der Waals surface area contributed by atoms with Crippen LogP contribution in [-0.4, -0.2) is 35.2 Å². The van der Waals surface area contributed by atoms with Crippen LogP contribution < -0.4 is 10.2 Å². The molecule has 0 unspecified atom stereocenters. The first-order chi connectivity index (χ1) is 11.3. The maximum atomic E-state index is 12.5. The summed E-state index contributed by atoms with van der Waals surface area (Å²) in [7, 11) is 0. The molecular formula is C17H20N4OS. The molecule has 1 aliphatic rings. The zero-order chi connectivity index (χ0) is 16.1. The van der Waals surface area contributed by atoms with E-state index < -0.39 is 0 Å². The molecule has 1 amide bonds. The van der Waals surface area contributed by atoms with Crippen molar-refractivity contribution in [2.45, 2.75) is 24.2 Å². The molecule has 0 bridgehead atoms. The largest absolute Gasteiger partial charge is 0.357 e. The third-order valence-corrected chi connectivity index (χ3v) is 4.72. The number of nitrogens with zero attached hydrogens (tertiary/aromatic N) is 3. The highest BCUT2D eigenvalue weighted by Gasteiger charge is 2.16. The average Bonchev–Trinajstić information content (AvgIpc) is 2.63. The number of anilines is 2. The predicted molar refractivity (Wildman–Crippen MR) is 94.3 cm³/mol. The van der Waals surface area contributed by atoms with Crippen molar-refractivity contribution >= 4 is 29.2 Å². The summed E-state index contributed by atoms with van der Waals surface area (Å²) < 4.78 is 0. The number of para-hydroxylation sites is 1. The quantitative estimate of drug-likeness (QED) is 0.871. The van der Waals surface area contributed by atoms with E-state index in [2.05, 4.69) is 20.2 Å². The minimum atomic E-state index is -0.202. The van der Waals surface area contributed by atoms with Crippen LogP contribution in [0.5, 0.6) is 0 Å². The molecule has 3 rings (SSSR count). The molecule has 0 aliphatic carbocycles. The van der Waals surface area contributed by atoms with Crippen molar-refractivity contribution in [2.24, 2.45) is 0 Å². The van der Waals surface area contributed by atoms with E-state index in [0.717, 1.165) is 29.5 Å². The van der Waals surface area contributed by atoms with Crippen LogP contribution in [0.15, 0.2) is 41.6 Å². The van der Waals surface area contributed by atoms with E-state index in [1.54, 1.807) is 17.8 Å². The summed E-state index contributed by atoms with van der Waals surface area (Å²) in [6, 6.07) is 9.54. The van der Waals surface area contributed by atoms with Gasteiger partial charge in [0.1, 0.15) is 17.8 Å². The van der Waals surface area contributed by atoms with Gasteiger partial charge in [-0.15, -0.1) is 11.8 Å². The normalized spacial score (nSPS) is 14.6. The highest BCUT2D eigenvalue weighted by Crippen LogP contribution is 2.25. The van der Waals surface area contributed by atoms with Gasteiger partial charge in [-0.1, -0.05) is 12.1 Å². The molecule has 1 saturated heterocycles. The molecule has 0 saturated carbocycles. The number of piperidine rings is 1. The lowest BCUT2D eigenvalue weighted by atomic mass is 10.1. The Morgan fingerprint density at radius 2 is 1.96 bits per heavy atom. The molecule has 2 aromatic rings. The Hall–Kier alpha value is -2.08. The Balaban J connectivity index is 1.77. The molecule has 120 valence electrons. The fourth-order valence-electron chi connectivity index (χ4n) is 2.70. The van der Waals surface area contributed by atoms with Crippen LogP contribution in [0.25, 0.3) is 0 Å². The van der Waals surface area contributed by atoms with Gasteiger partial charge in [0.05, 0.1) is 5.69 Å². The first kappa shape index (κ1) is 15.8. The molecule has 2 heterocycles. The van der Waals surface area contributed by atoms with Crippen LogP contribution in [0.2, 0.25) is 0 Å². The van der Waals surface area contributed by atoms with Crippen LogP contribution in [0, 0.1) is 0 Å². The number of nitrogens with one attached hydrogen (secondary N) is 1. The lowest BCUT2D eigenvalue weighted by molar-refractivity contribution is 0.102. The maximum Gasteiger partial charge on any atom is 0.274 e. The van der Waals surface area contributed by atoms with Gasteiger partial charge in [-0.25, -0.2) is 9.97 Å². The summed E-state index contributed by atoms with van der Waals surface area (Å²) >= 11 is 1.60. The summed E-state index contributed by atoms with van der Waals surface area (Å²) in [6.07, 6.45) is 7.07. The molecule has 1 aliphatic heterocycles. The molecule has 1 aromatic heterocycles. The van der Waals surface area contributed by atoms with E-state index in [-0.39, 0.29) is 5.91 Å². The number of carbonyl (C=O) groups excluding carboxylic acids is 1. The van der Waals surface area contributed by atoms with Crippen LogP contribution in [-0.2, 0) is 0 Å². The molecule has 1 fully saturated rings. The lowest BCUT2D eigenvalue weighted by Crippen LogP contribution is -2.30. The molecule has 0 spiro atoms. The van der Waals surface area contributed by atoms with E-state index in [1.807, 2.05) is 30.5 Å². The lowest BCUT2D eigenvalue weighted by Gasteiger charge is -2.27. The van der Waals surface area contributed by atoms with Crippen molar-refractivity contribution in [3.8, 4) is 0 Å². The second kappa shape index (κ2) is 7.46. The predicted octanol–water partition coefficient (Wildman–Crippen LogP) is 3.44. The Morgan fingerprint density at radius 1 is 1.17 bits per heavy atom. The molecule has 1 aromatic carbocycles. The topological polar surface area (TPSA) is 58.1 Å². The minimum absolute atomic E-state index is 0.202. The molecule has 0 atom stereocenters. The van der Waals surface area contributed by atoms with Gasteiger partial charge in [0.2, 0.25) is 0 Å². The minimum Gasteiger partial charge on any atom is -0.357 e. The monoisotopic (exact) mass is 328 g/mol. The number of hydrogen-bond acceptors (Lipinski definition) is 5. The Labute approximate surface area is 140 Å². The number of aromatic nitrogens is 2. The third kappa shape index (κ3) is 3.82. The van der Waals surface area contributed by atoms with Gasteiger partial charge < -0.3 is 10.2 Å². The summed E-state index contributed by atoms with van der Waals surface area (Å²) in [5.74, 6) is 0.634. The Morgan fingerprint density at radius 3 is 2.74 bits per heavy atom. The van der Waals surface area contributed by atoms with Gasteiger partial charge in [0.25, 0.3) is 5.91 Å². The highest BCUT2D eigenvalue weighted by atomic mass is 32.2. The number of rotatable bonds is 4. The summed E-state index contributed by atoms with van der Waals surface area (Å²) in [5, 5.41) is 2.94. The van der Waals surface area contributed by atoms with Crippen molar-refractivity contribution in [1.82, 2.24) is 9.97 Å². The zero-order valence-corrected chi connectivity index (χ0v) is 14.0. The number of benzene rings is 1. The van der Waals surface area contributed by atoms with E-state index >= 15 is 0 Å². The number of amides is 1. The van der Waals surface area contributed by atoms with E-state index in [1.165, 1.54) is 25.6 Å². The van der Waals surface area contributed by atoms with E-state index in [0.29, 0.717) is 5.69 Å². The second-order valence-electron chi connectivity index (χ2n) is 5.46. The van der Waals surface area contributed by atoms with Gasteiger partial charge in [-0.3, -0.25) is 4.79 Å². The first-order valence-corrected chi connectivity index (χ1v) is 9.02. The van der Waals surface area contributed by atoms with Gasteiger partial charge in [-0.05, 0) is 37.7 Å². The second-order valence-corrected chi connectivity index (χ2v) is 6.31. The molecule has 1 N–H and O–H groups in total. The van der Waals surface area contributed by atoms with Crippen molar-refractivity contribution in [3.63, 3.8) is 0 Å². The smallest absolute Gasteiger partial charge is 0.274 e. The summed E-state index contributed by atoms with van der Waals surface area (Å²) in [5.41, 5.74) is 1.21. The summed E-state index contributed by atoms with van der Waals surface area (Å²) in [6.45, 7) is 1.99. The molecule has 5 nitrogen and oxygen atoms in total. The number of carbonyl (C=O) groups is 1. The highest BCUT2D eigenvalue weighted by molar-refractivity contribution is 7.98. The standard InChI is InChI=1S/C17H20N4OS/c1-23-15-8-4-3-7-13(15)20-17(22)14-11-16(19-12-18-14)21-9-5-2-6-10-21/h3-4,7-8,11-12H,2,5-6,9-10H2,1H3,(H,20,22). The van der Waals surface area contributed by atoms with Crippen molar-refractivity contribution < 1.29 is 4.79 Å². The number of thioether (sulfide) groups is 1. The average molecular weight is 328 g/mol. The molecular weight excluding hydrogens is 308 g/mol. The van der Waals surface area contributed by atoms with Gasteiger partial charge in [0, 0.05) is 24.1 Å². The third-order valence-electron chi connectivity index (χ3n) is 3.92. The van der Waals surface area contributed by atoms with Crippen LogP contribution in [0.3, 0.4) is 0 Å². The van der Waals surface area contributed by atoms with Crippen molar-refractivity contribution in [1.29, 1.82) is 0 Å². The van der Waals surface area contributed by atoms with E-state index in [9.17, 15) is 4.79 Å². The SMILES string of the molecule is CSc1ccccc1NC(=O)c1cc(N2CCCCC2)ncn1. The van der Waals surface area contributed by atoms with Gasteiger partial charge >= 0.3 is 0 Å². The first-order valence-electron chi connectivity index (χ1n) is 7.79. The number of hydrogen-bond donors (Lipinski definition) is 1.